The largest absolute Gasteiger partial charge is 0.453 e. The summed E-state index contributed by atoms with van der Waals surface area (Å²) in [5.41, 5.74) is 2.65. The smallest absolute Gasteiger partial charge is 0.355 e. The summed E-state index contributed by atoms with van der Waals surface area (Å²) < 4.78 is 40.3. The molecule has 0 saturated carbocycles. The van der Waals surface area contributed by atoms with Crippen molar-refractivity contribution < 1.29 is 18.0 Å². The van der Waals surface area contributed by atoms with Crippen molar-refractivity contribution in [3.05, 3.63) is 53.3 Å². The fourth-order valence-electron chi connectivity index (χ4n) is 4.89. The van der Waals surface area contributed by atoms with Crippen molar-refractivity contribution in [3.8, 4) is 0 Å². The molecule has 2 saturated heterocycles. The van der Waals surface area contributed by atoms with Crippen LogP contribution >= 0.6 is 0 Å². The molecule has 2 aliphatic rings. The zero-order valence-corrected chi connectivity index (χ0v) is 19.6. The van der Waals surface area contributed by atoms with E-state index in [-0.39, 0.29) is 17.5 Å². The second-order valence-electron chi connectivity index (χ2n) is 9.27. The van der Waals surface area contributed by atoms with Gasteiger partial charge in [0.05, 0.1) is 0 Å². The highest BCUT2D eigenvalue weighted by Gasteiger charge is 2.38. The van der Waals surface area contributed by atoms with Gasteiger partial charge in [-0.2, -0.15) is 17.7 Å². The van der Waals surface area contributed by atoms with Gasteiger partial charge in [0.25, 0.3) is 5.82 Å². The van der Waals surface area contributed by atoms with Crippen molar-refractivity contribution in [2.45, 2.75) is 32.5 Å². The number of benzene rings is 1. The number of halogens is 3. The molecular formula is C24H28F3N7O. The molecule has 186 valence electrons. The summed E-state index contributed by atoms with van der Waals surface area (Å²) in [4.78, 5) is 19.4. The number of amides is 1. The van der Waals surface area contributed by atoms with E-state index in [2.05, 4.69) is 45.3 Å². The maximum Gasteiger partial charge on any atom is 0.453 e. The molecule has 2 aromatic heterocycles. The Hall–Kier alpha value is -3.21. The van der Waals surface area contributed by atoms with Crippen LogP contribution < -0.4 is 4.90 Å². The van der Waals surface area contributed by atoms with Gasteiger partial charge in [0.1, 0.15) is 5.82 Å². The Kier molecular flexibility index (Phi) is 6.35. The van der Waals surface area contributed by atoms with Gasteiger partial charge in [-0.05, 0) is 43.0 Å². The lowest BCUT2D eigenvalue weighted by Gasteiger charge is -2.39. The molecule has 1 aromatic carbocycles. The van der Waals surface area contributed by atoms with Gasteiger partial charge in [0.15, 0.2) is 5.65 Å². The third-order valence-electron chi connectivity index (χ3n) is 7.01. The lowest BCUT2D eigenvalue weighted by molar-refractivity contribution is -0.146. The topological polar surface area (TPSA) is 69.9 Å². The molecule has 1 amide bonds. The van der Waals surface area contributed by atoms with Crippen LogP contribution in [0.4, 0.5) is 19.0 Å². The molecule has 4 heterocycles. The van der Waals surface area contributed by atoms with Crippen molar-refractivity contribution in [1.29, 1.82) is 0 Å². The Labute approximate surface area is 201 Å². The summed E-state index contributed by atoms with van der Waals surface area (Å²) in [6, 6.07) is 11.5. The molecule has 2 fully saturated rings. The predicted octanol–water partition coefficient (Wildman–Crippen LogP) is 3.01. The van der Waals surface area contributed by atoms with E-state index in [4.69, 9.17) is 0 Å². The van der Waals surface area contributed by atoms with Crippen LogP contribution in [0.25, 0.3) is 5.65 Å². The van der Waals surface area contributed by atoms with Crippen LogP contribution in [0.5, 0.6) is 0 Å². The number of anilines is 1. The molecule has 0 unspecified atom stereocenters. The third kappa shape index (κ3) is 4.95. The number of nitrogens with zero attached hydrogens (tertiary/aromatic N) is 7. The molecule has 35 heavy (non-hydrogen) atoms. The summed E-state index contributed by atoms with van der Waals surface area (Å²) >= 11 is 0. The van der Waals surface area contributed by atoms with Crippen LogP contribution in [-0.2, 0) is 17.5 Å². The minimum atomic E-state index is -4.63. The molecule has 5 rings (SSSR count). The fourth-order valence-corrected chi connectivity index (χ4v) is 4.89. The van der Waals surface area contributed by atoms with Gasteiger partial charge in [-0.25, -0.2) is 0 Å². The number of alkyl halides is 3. The van der Waals surface area contributed by atoms with Crippen LogP contribution in [0, 0.1) is 12.8 Å². The molecule has 0 spiro atoms. The Morgan fingerprint density at radius 1 is 0.971 bits per heavy atom. The Bertz CT molecular complexity index is 1200. The highest BCUT2D eigenvalue weighted by atomic mass is 19.4. The maximum atomic E-state index is 13.2. The molecule has 2 aliphatic heterocycles. The van der Waals surface area contributed by atoms with E-state index in [1.54, 1.807) is 6.07 Å². The Morgan fingerprint density at radius 2 is 1.69 bits per heavy atom. The number of piperidine rings is 1. The molecule has 0 N–H and O–H groups in total. The van der Waals surface area contributed by atoms with Crippen molar-refractivity contribution >= 4 is 17.4 Å². The standard InChI is InChI=1S/C24H28F3N7O/c1-17-4-2-3-5-19(17)16-31-12-14-33(15-13-31)22(35)18-8-10-32(11-9-18)21-7-6-20-28-29-23(24(25,26)27)34(20)30-21/h2-7,18H,8-16H2,1H3. The quantitative estimate of drug-likeness (QED) is 0.564. The SMILES string of the molecule is Cc1ccccc1CN1CCN(C(=O)C2CCN(c3ccc4nnc(C(F)(F)F)n4n3)CC2)CC1. The lowest BCUT2D eigenvalue weighted by atomic mass is 9.95. The average Bonchev–Trinajstić information content (AvgIpc) is 3.30. The minimum absolute atomic E-state index is 0.0488. The van der Waals surface area contributed by atoms with Crippen molar-refractivity contribution in [1.82, 2.24) is 29.6 Å². The molecular weight excluding hydrogens is 459 g/mol. The monoisotopic (exact) mass is 487 g/mol. The molecule has 11 heteroatoms. The first-order valence-corrected chi connectivity index (χ1v) is 11.9. The van der Waals surface area contributed by atoms with Gasteiger partial charge < -0.3 is 9.80 Å². The predicted molar refractivity (Wildman–Crippen MR) is 124 cm³/mol. The summed E-state index contributed by atoms with van der Waals surface area (Å²) in [5, 5.41) is 10.9. The molecule has 0 aliphatic carbocycles. The van der Waals surface area contributed by atoms with E-state index in [1.165, 1.54) is 17.2 Å². The van der Waals surface area contributed by atoms with Gasteiger partial charge in [-0.15, -0.1) is 15.3 Å². The van der Waals surface area contributed by atoms with Crippen LogP contribution in [0.1, 0.15) is 29.8 Å². The van der Waals surface area contributed by atoms with E-state index in [0.717, 1.165) is 37.2 Å². The number of carbonyl (C=O) groups excluding carboxylic acids is 1. The van der Waals surface area contributed by atoms with Crippen LogP contribution in [-0.4, -0.2) is 74.8 Å². The van der Waals surface area contributed by atoms with Gasteiger partial charge >= 0.3 is 6.18 Å². The first-order valence-electron chi connectivity index (χ1n) is 11.9. The zero-order valence-electron chi connectivity index (χ0n) is 19.6. The van der Waals surface area contributed by atoms with Crippen LogP contribution in [0.2, 0.25) is 0 Å². The minimum Gasteiger partial charge on any atom is -0.355 e. The zero-order chi connectivity index (χ0) is 24.6. The number of fused-ring (bicyclic) bond motifs is 1. The number of aryl methyl sites for hydroxylation is 1. The molecule has 8 nitrogen and oxygen atoms in total. The first kappa shape index (κ1) is 23.5. The number of aromatic nitrogens is 4. The fraction of sp³-hybridized carbons (Fsp3) is 0.500. The summed E-state index contributed by atoms with van der Waals surface area (Å²) in [6.45, 7) is 7.28. The van der Waals surface area contributed by atoms with Gasteiger partial charge in [-0.1, -0.05) is 24.3 Å². The van der Waals surface area contributed by atoms with Crippen molar-refractivity contribution in [2.24, 2.45) is 5.92 Å². The number of piperazine rings is 1. The highest BCUT2D eigenvalue weighted by molar-refractivity contribution is 5.79. The number of rotatable bonds is 4. The summed E-state index contributed by atoms with van der Waals surface area (Å²) in [5.74, 6) is -0.597. The number of carbonyl (C=O) groups is 1. The van der Waals surface area contributed by atoms with Gasteiger partial charge in [-0.3, -0.25) is 9.69 Å². The van der Waals surface area contributed by atoms with E-state index < -0.39 is 12.0 Å². The normalized spacial score (nSPS) is 18.4. The second-order valence-corrected chi connectivity index (χ2v) is 9.27. The number of hydrogen-bond donors (Lipinski definition) is 0. The molecule has 0 bridgehead atoms. The Balaban J connectivity index is 1.15. The molecule has 0 radical (unpaired) electrons. The summed E-state index contributed by atoms with van der Waals surface area (Å²) in [7, 11) is 0. The van der Waals surface area contributed by atoms with Crippen LogP contribution in [0.3, 0.4) is 0 Å². The van der Waals surface area contributed by atoms with Crippen molar-refractivity contribution in [2.75, 3.05) is 44.2 Å². The third-order valence-corrected chi connectivity index (χ3v) is 7.01. The number of hydrogen-bond acceptors (Lipinski definition) is 6. The van der Waals surface area contributed by atoms with Gasteiger partial charge in [0, 0.05) is 51.7 Å². The maximum absolute atomic E-state index is 13.2. The Morgan fingerprint density at radius 3 is 2.37 bits per heavy atom. The van der Waals surface area contributed by atoms with E-state index in [9.17, 15) is 18.0 Å². The van der Waals surface area contributed by atoms with E-state index >= 15 is 0 Å². The average molecular weight is 488 g/mol. The first-order chi connectivity index (χ1) is 16.8. The van der Waals surface area contributed by atoms with Crippen molar-refractivity contribution in [3.63, 3.8) is 0 Å². The van der Waals surface area contributed by atoms with Crippen LogP contribution in [0.15, 0.2) is 36.4 Å². The highest BCUT2D eigenvalue weighted by Crippen LogP contribution is 2.29. The van der Waals surface area contributed by atoms with E-state index in [0.29, 0.717) is 31.7 Å². The molecule has 0 atom stereocenters. The van der Waals surface area contributed by atoms with Gasteiger partial charge in [0.2, 0.25) is 5.91 Å². The summed E-state index contributed by atoms with van der Waals surface area (Å²) in [6.07, 6.45) is -3.33. The molecule has 3 aromatic rings. The second kappa shape index (κ2) is 9.44. The van der Waals surface area contributed by atoms with E-state index in [1.807, 2.05) is 15.9 Å². The lowest BCUT2D eigenvalue weighted by Crippen LogP contribution is -2.51.